The van der Waals surface area contributed by atoms with Crippen LogP contribution in [0.25, 0.3) is 0 Å². The Morgan fingerprint density at radius 3 is 2.57 bits per heavy atom. The SMILES string of the molecule is CCNC(c1coc(C)c1)c1ccccc1OC(F)(F)F. The van der Waals surface area contributed by atoms with Crippen molar-refractivity contribution in [2.75, 3.05) is 6.54 Å². The summed E-state index contributed by atoms with van der Waals surface area (Å²) in [6.45, 7) is 4.26. The monoisotopic (exact) mass is 299 g/mol. The Labute approximate surface area is 120 Å². The molecule has 0 aliphatic heterocycles. The summed E-state index contributed by atoms with van der Waals surface area (Å²) in [6.07, 6.45) is -3.19. The molecule has 1 atom stereocenters. The fourth-order valence-corrected chi connectivity index (χ4v) is 2.16. The van der Waals surface area contributed by atoms with Gasteiger partial charge in [-0.2, -0.15) is 0 Å². The molecule has 0 bridgehead atoms. The number of hydrogen-bond acceptors (Lipinski definition) is 3. The maximum absolute atomic E-state index is 12.5. The third-order valence-electron chi connectivity index (χ3n) is 2.95. The lowest BCUT2D eigenvalue weighted by molar-refractivity contribution is -0.275. The van der Waals surface area contributed by atoms with Gasteiger partial charge in [0.1, 0.15) is 11.5 Å². The first-order valence-corrected chi connectivity index (χ1v) is 6.54. The van der Waals surface area contributed by atoms with Gasteiger partial charge in [0.15, 0.2) is 0 Å². The highest BCUT2D eigenvalue weighted by molar-refractivity contribution is 5.41. The minimum Gasteiger partial charge on any atom is -0.469 e. The van der Waals surface area contributed by atoms with Crippen LogP contribution in [0.15, 0.2) is 41.0 Å². The Kier molecular flexibility index (Phi) is 4.57. The van der Waals surface area contributed by atoms with Gasteiger partial charge in [0.25, 0.3) is 0 Å². The van der Waals surface area contributed by atoms with Crippen molar-refractivity contribution in [1.29, 1.82) is 0 Å². The zero-order valence-electron chi connectivity index (χ0n) is 11.7. The number of furan rings is 1. The van der Waals surface area contributed by atoms with Crippen molar-refractivity contribution in [2.45, 2.75) is 26.3 Å². The average Bonchev–Trinajstić information content (AvgIpc) is 2.82. The highest BCUT2D eigenvalue weighted by Crippen LogP contribution is 2.33. The van der Waals surface area contributed by atoms with Gasteiger partial charge < -0.3 is 14.5 Å². The summed E-state index contributed by atoms with van der Waals surface area (Å²) in [5.74, 6) is 0.483. The molecular weight excluding hydrogens is 283 g/mol. The smallest absolute Gasteiger partial charge is 0.469 e. The van der Waals surface area contributed by atoms with E-state index >= 15 is 0 Å². The number of nitrogens with one attached hydrogen (secondary N) is 1. The van der Waals surface area contributed by atoms with Gasteiger partial charge in [-0.05, 0) is 25.6 Å². The van der Waals surface area contributed by atoms with Crippen molar-refractivity contribution < 1.29 is 22.3 Å². The lowest BCUT2D eigenvalue weighted by Crippen LogP contribution is -2.24. The van der Waals surface area contributed by atoms with E-state index in [0.717, 1.165) is 5.56 Å². The van der Waals surface area contributed by atoms with E-state index in [1.165, 1.54) is 18.4 Å². The predicted molar refractivity (Wildman–Crippen MR) is 72.1 cm³/mol. The van der Waals surface area contributed by atoms with Crippen molar-refractivity contribution >= 4 is 0 Å². The summed E-state index contributed by atoms with van der Waals surface area (Å²) in [4.78, 5) is 0. The van der Waals surface area contributed by atoms with Crippen LogP contribution < -0.4 is 10.1 Å². The molecule has 1 N–H and O–H groups in total. The van der Waals surface area contributed by atoms with Crippen LogP contribution in [0.4, 0.5) is 13.2 Å². The van der Waals surface area contributed by atoms with Gasteiger partial charge >= 0.3 is 6.36 Å². The molecule has 0 aliphatic carbocycles. The summed E-state index contributed by atoms with van der Waals surface area (Å²) >= 11 is 0. The van der Waals surface area contributed by atoms with Crippen LogP contribution in [0.5, 0.6) is 5.75 Å². The molecular formula is C15H16F3NO2. The van der Waals surface area contributed by atoms with Gasteiger partial charge in [0.2, 0.25) is 0 Å². The first kappa shape index (κ1) is 15.4. The molecule has 1 aromatic carbocycles. The molecule has 21 heavy (non-hydrogen) atoms. The van der Waals surface area contributed by atoms with E-state index in [0.29, 0.717) is 17.9 Å². The standard InChI is InChI=1S/C15H16F3NO2/c1-3-19-14(11-8-10(2)20-9-11)12-6-4-5-7-13(12)21-15(16,17)18/h4-9,14,19H,3H2,1-2H3. The lowest BCUT2D eigenvalue weighted by Gasteiger charge is -2.21. The van der Waals surface area contributed by atoms with Gasteiger partial charge in [-0.1, -0.05) is 25.1 Å². The van der Waals surface area contributed by atoms with Crippen molar-refractivity contribution in [3.05, 3.63) is 53.5 Å². The zero-order valence-corrected chi connectivity index (χ0v) is 11.7. The molecule has 0 aliphatic rings. The number of hydrogen-bond donors (Lipinski definition) is 1. The molecule has 6 heteroatoms. The van der Waals surface area contributed by atoms with Crippen molar-refractivity contribution in [3.8, 4) is 5.75 Å². The van der Waals surface area contributed by atoms with Crippen molar-refractivity contribution in [1.82, 2.24) is 5.32 Å². The van der Waals surface area contributed by atoms with Crippen LogP contribution in [-0.4, -0.2) is 12.9 Å². The molecule has 1 unspecified atom stereocenters. The Morgan fingerprint density at radius 2 is 2.00 bits per heavy atom. The maximum Gasteiger partial charge on any atom is 0.573 e. The second-order valence-corrected chi connectivity index (χ2v) is 4.57. The molecule has 114 valence electrons. The van der Waals surface area contributed by atoms with Crippen LogP contribution in [-0.2, 0) is 0 Å². The quantitative estimate of drug-likeness (QED) is 0.899. The number of benzene rings is 1. The van der Waals surface area contributed by atoms with Gasteiger partial charge in [0.05, 0.1) is 12.3 Å². The highest BCUT2D eigenvalue weighted by Gasteiger charge is 2.33. The third kappa shape index (κ3) is 4.01. The second kappa shape index (κ2) is 6.22. The minimum atomic E-state index is -4.72. The Morgan fingerprint density at radius 1 is 1.29 bits per heavy atom. The van der Waals surface area contributed by atoms with E-state index in [1.807, 2.05) is 6.92 Å². The van der Waals surface area contributed by atoms with E-state index in [1.54, 1.807) is 25.1 Å². The van der Waals surface area contributed by atoms with Crippen LogP contribution >= 0.6 is 0 Å². The Balaban J connectivity index is 2.41. The fraction of sp³-hybridized carbons (Fsp3) is 0.333. The number of halogens is 3. The zero-order chi connectivity index (χ0) is 15.5. The maximum atomic E-state index is 12.5. The van der Waals surface area contributed by atoms with E-state index in [2.05, 4.69) is 10.1 Å². The fourth-order valence-electron chi connectivity index (χ4n) is 2.16. The second-order valence-electron chi connectivity index (χ2n) is 4.57. The van der Waals surface area contributed by atoms with Crippen molar-refractivity contribution in [2.24, 2.45) is 0 Å². The Hall–Kier alpha value is -1.95. The molecule has 0 amide bonds. The molecule has 1 heterocycles. The van der Waals surface area contributed by atoms with Crippen molar-refractivity contribution in [3.63, 3.8) is 0 Å². The first-order chi connectivity index (χ1) is 9.90. The summed E-state index contributed by atoms with van der Waals surface area (Å²) < 4.78 is 46.9. The summed E-state index contributed by atoms with van der Waals surface area (Å²) in [5, 5.41) is 3.15. The molecule has 3 nitrogen and oxygen atoms in total. The van der Waals surface area contributed by atoms with E-state index in [4.69, 9.17) is 4.42 Å². The Bertz CT molecular complexity index is 593. The van der Waals surface area contributed by atoms with E-state index in [-0.39, 0.29) is 5.75 Å². The van der Waals surface area contributed by atoms with Crippen LogP contribution in [0.2, 0.25) is 0 Å². The summed E-state index contributed by atoms with van der Waals surface area (Å²) in [7, 11) is 0. The van der Waals surface area contributed by atoms with Gasteiger partial charge in [-0.15, -0.1) is 13.2 Å². The molecule has 1 aromatic heterocycles. The van der Waals surface area contributed by atoms with Crippen LogP contribution in [0.1, 0.15) is 29.9 Å². The van der Waals surface area contributed by atoms with E-state index < -0.39 is 12.4 Å². The molecule has 2 rings (SSSR count). The summed E-state index contributed by atoms with van der Waals surface area (Å²) in [6, 6.07) is 7.46. The largest absolute Gasteiger partial charge is 0.573 e. The predicted octanol–water partition coefficient (Wildman–Crippen LogP) is 4.19. The lowest BCUT2D eigenvalue weighted by atomic mass is 10.00. The van der Waals surface area contributed by atoms with Gasteiger partial charge in [0, 0.05) is 11.1 Å². The number of rotatable bonds is 5. The van der Waals surface area contributed by atoms with Gasteiger partial charge in [-0.3, -0.25) is 0 Å². The molecule has 0 fully saturated rings. The van der Waals surface area contributed by atoms with E-state index in [9.17, 15) is 13.2 Å². The molecule has 0 saturated heterocycles. The first-order valence-electron chi connectivity index (χ1n) is 6.54. The van der Waals surface area contributed by atoms with Crippen LogP contribution in [0, 0.1) is 6.92 Å². The molecule has 0 spiro atoms. The number of ether oxygens (including phenoxy) is 1. The topological polar surface area (TPSA) is 34.4 Å². The minimum absolute atomic E-state index is 0.213. The highest BCUT2D eigenvalue weighted by atomic mass is 19.4. The average molecular weight is 299 g/mol. The number of aryl methyl sites for hydroxylation is 1. The molecule has 0 saturated carbocycles. The number of para-hydroxylation sites is 1. The van der Waals surface area contributed by atoms with Gasteiger partial charge in [-0.25, -0.2) is 0 Å². The molecule has 2 aromatic rings. The third-order valence-corrected chi connectivity index (χ3v) is 2.95. The summed E-state index contributed by atoms with van der Waals surface area (Å²) in [5.41, 5.74) is 1.17. The van der Waals surface area contributed by atoms with Crippen LogP contribution in [0.3, 0.4) is 0 Å². The normalized spacial score (nSPS) is 13.2. The number of alkyl halides is 3. The molecule has 0 radical (unpaired) electrons.